The van der Waals surface area contributed by atoms with E-state index in [0.717, 1.165) is 11.3 Å². The summed E-state index contributed by atoms with van der Waals surface area (Å²) in [5, 5.41) is 2.76. The average Bonchev–Trinajstić information content (AvgIpc) is 2.96. The van der Waals surface area contributed by atoms with Crippen LogP contribution in [-0.4, -0.2) is 44.7 Å². The number of nitrogens with one attached hydrogen (secondary N) is 1. The summed E-state index contributed by atoms with van der Waals surface area (Å²) < 4.78 is 28.0. The third-order valence-corrected chi connectivity index (χ3v) is 7.16. The van der Waals surface area contributed by atoms with Gasteiger partial charge in [-0.25, -0.2) is 8.42 Å². The zero-order valence-electron chi connectivity index (χ0n) is 15.7. The number of carbonyl (C=O) groups is 2. The predicted octanol–water partition coefficient (Wildman–Crippen LogP) is 1.38. The van der Waals surface area contributed by atoms with Gasteiger partial charge in [0.25, 0.3) is 0 Å². The summed E-state index contributed by atoms with van der Waals surface area (Å²) in [6.07, 6.45) is 0.178. The number of hydrogen-bond donors (Lipinski definition) is 1. The second kappa shape index (κ2) is 6.72. The van der Waals surface area contributed by atoms with Crippen molar-refractivity contribution in [1.29, 1.82) is 0 Å². The minimum absolute atomic E-state index is 0.0700. The fourth-order valence-electron chi connectivity index (χ4n) is 3.71. The maximum absolute atomic E-state index is 13.4. The molecule has 2 amide bonds. The Balaban J connectivity index is 1.75. The maximum atomic E-state index is 13.4. The van der Waals surface area contributed by atoms with Crippen LogP contribution in [0.1, 0.15) is 22.7 Å². The molecule has 7 nitrogen and oxygen atoms in total. The Labute approximate surface area is 164 Å². The van der Waals surface area contributed by atoms with Crippen molar-refractivity contribution in [1.82, 2.24) is 9.62 Å². The van der Waals surface area contributed by atoms with Crippen molar-refractivity contribution in [2.45, 2.75) is 24.3 Å². The molecule has 1 saturated heterocycles. The van der Waals surface area contributed by atoms with E-state index in [2.05, 4.69) is 5.32 Å². The summed E-state index contributed by atoms with van der Waals surface area (Å²) in [4.78, 5) is 26.1. The van der Waals surface area contributed by atoms with Crippen LogP contribution < -0.4 is 10.2 Å². The molecular formula is C20H21N3O4S. The van der Waals surface area contributed by atoms with E-state index in [9.17, 15) is 18.0 Å². The second-order valence-electron chi connectivity index (χ2n) is 7.14. The Hall–Kier alpha value is -2.71. The van der Waals surface area contributed by atoms with Crippen LogP contribution in [0.2, 0.25) is 0 Å². The van der Waals surface area contributed by atoms with E-state index in [1.807, 2.05) is 19.1 Å². The van der Waals surface area contributed by atoms with Crippen LogP contribution in [0, 0.1) is 6.92 Å². The van der Waals surface area contributed by atoms with Crippen LogP contribution in [0.3, 0.4) is 0 Å². The van der Waals surface area contributed by atoms with Gasteiger partial charge in [-0.3, -0.25) is 9.59 Å². The number of rotatable bonds is 3. The molecule has 2 aliphatic heterocycles. The predicted molar refractivity (Wildman–Crippen MR) is 104 cm³/mol. The van der Waals surface area contributed by atoms with Gasteiger partial charge < -0.3 is 10.2 Å². The first-order valence-corrected chi connectivity index (χ1v) is 10.5. The third kappa shape index (κ3) is 2.98. The first-order chi connectivity index (χ1) is 13.3. The van der Waals surface area contributed by atoms with Crippen molar-refractivity contribution in [3.63, 3.8) is 0 Å². The van der Waals surface area contributed by atoms with Crippen molar-refractivity contribution in [2.75, 3.05) is 25.0 Å². The fourth-order valence-corrected chi connectivity index (χ4v) is 5.34. The van der Waals surface area contributed by atoms with Gasteiger partial charge in [0.1, 0.15) is 6.04 Å². The summed E-state index contributed by atoms with van der Waals surface area (Å²) in [6, 6.07) is 11.1. The molecule has 0 spiro atoms. The van der Waals surface area contributed by atoms with Gasteiger partial charge in [-0.2, -0.15) is 4.31 Å². The molecule has 0 aliphatic carbocycles. The van der Waals surface area contributed by atoms with E-state index in [0.29, 0.717) is 11.1 Å². The standard InChI is InChI=1S/C20H21N3O4S/c1-13-3-5-14(6-4-13)19-20(25)21-9-10-23(19)28(26,27)16-7-8-17-15(11-16)12-18(24)22(17)2/h3-8,11,19H,9-10,12H2,1-2H3,(H,21,25). The van der Waals surface area contributed by atoms with Crippen LogP contribution in [0.4, 0.5) is 5.69 Å². The van der Waals surface area contributed by atoms with E-state index in [-0.39, 0.29) is 36.2 Å². The zero-order valence-corrected chi connectivity index (χ0v) is 16.5. The lowest BCUT2D eigenvalue weighted by atomic mass is 10.0. The summed E-state index contributed by atoms with van der Waals surface area (Å²) in [6.45, 7) is 2.37. The Morgan fingerprint density at radius 3 is 2.50 bits per heavy atom. The fraction of sp³-hybridized carbons (Fsp3) is 0.300. The highest BCUT2D eigenvalue weighted by molar-refractivity contribution is 7.89. The lowest BCUT2D eigenvalue weighted by Gasteiger charge is -2.34. The first-order valence-electron chi connectivity index (χ1n) is 9.04. The van der Waals surface area contributed by atoms with Gasteiger partial charge in [0.2, 0.25) is 21.8 Å². The molecule has 2 aromatic carbocycles. The molecule has 2 aliphatic rings. The molecule has 8 heteroatoms. The highest BCUT2D eigenvalue weighted by Gasteiger charge is 2.40. The first kappa shape index (κ1) is 18.6. The van der Waals surface area contributed by atoms with Crippen LogP contribution in [0.5, 0.6) is 0 Å². The quantitative estimate of drug-likeness (QED) is 0.845. The van der Waals surface area contributed by atoms with Gasteiger partial charge >= 0.3 is 0 Å². The largest absolute Gasteiger partial charge is 0.353 e. The summed E-state index contributed by atoms with van der Waals surface area (Å²) in [5.74, 6) is -0.408. The molecule has 0 bridgehead atoms. The number of sulfonamides is 1. The number of nitrogens with zero attached hydrogens (tertiary/aromatic N) is 2. The number of anilines is 1. The van der Waals surface area contributed by atoms with Crippen molar-refractivity contribution in [3.8, 4) is 0 Å². The minimum Gasteiger partial charge on any atom is -0.353 e. The lowest BCUT2D eigenvalue weighted by molar-refractivity contribution is -0.127. The summed E-state index contributed by atoms with van der Waals surface area (Å²) in [7, 11) is -2.24. The summed E-state index contributed by atoms with van der Waals surface area (Å²) in [5.41, 5.74) is 3.06. The van der Waals surface area contributed by atoms with Gasteiger partial charge in [0.05, 0.1) is 11.3 Å². The molecule has 1 unspecified atom stereocenters. The molecule has 2 heterocycles. The number of aryl methyl sites for hydroxylation is 1. The number of carbonyl (C=O) groups excluding carboxylic acids is 2. The van der Waals surface area contributed by atoms with Gasteiger partial charge in [0.15, 0.2) is 0 Å². The van der Waals surface area contributed by atoms with Crippen molar-refractivity contribution in [2.24, 2.45) is 0 Å². The van der Waals surface area contributed by atoms with Gasteiger partial charge in [0, 0.05) is 25.8 Å². The van der Waals surface area contributed by atoms with Crippen LogP contribution in [0.25, 0.3) is 0 Å². The van der Waals surface area contributed by atoms with E-state index in [4.69, 9.17) is 0 Å². The minimum atomic E-state index is -3.92. The second-order valence-corrected chi connectivity index (χ2v) is 9.03. The molecular weight excluding hydrogens is 378 g/mol. The monoisotopic (exact) mass is 399 g/mol. The van der Waals surface area contributed by atoms with Gasteiger partial charge in [-0.05, 0) is 36.2 Å². The topological polar surface area (TPSA) is 86.8 Å². The number of piperazine rings is 1. The molecule has 28 heavy (non-hydrogen) atoms. The van der Waals surface area contributed by atoms with Crippen molar-refractivity contribution < 1.29 is 18.0 Å². The highest BCUT2D eigenvalue weighted by atomic mass is 32.2. The van der Waals surface area contributed by atoms with E-state index < -0.39 is 16.1 Å². The number of hydrogen-bond acceptors (Lipinski definition) is 4. The number of amides is 2. The van der Waals surface area contributed by atoms with E-state index in [1.165, 1.54) is 15.3 Å². The zero-order chi connectivity index (χ0) is 20.1. The molecule has 1 fully saturated rings. The molecule has 146 valence electrons. The molecule has 0 aromatic heterocycles. The summed E-state index contributed by atoms with van der Waals surface area (Å²) >= 11 is 0. The molecule has 1 N–H and O–H groups in total. The Bertz CT molecular complexity index is 1060. The molecule has 0 radical (unpaired) electrons. The van der Waals surface area contributed by atoms with Gasteiger partial charge in [-0.15, -0.1) is 0 Å². The normalized spacial score (nSPS) is 20.2. The third-order valence-electron chi connectivity index (χ3n) is 5.30. The molecule has 0 saturated carbocycles. The smallest absolute Gasteiger partial charge is 0.244 e. The van der Waals surface area contributed by atoms with Crippen LogP contribution in [0.15, 0.2) is 47.4 Å². The SMILES string of the molecule is Cc1ccc(C2C(=O)NCCN2S(=O)(=O)c2ccc3c(c2)CC(=O)N3C)cc1. The van der Waals surface area contributed by atoms with E-state index >= 15 is 0 Å². The number of benzene rings is 2. The van der Waals surface area contributed by atoms with Crippen LogP contribution >= 0.6 is 0 Å². The average molecular weight is 399 g/mol. The van der Waals surface area contributed by atoms with Crippen molar-refractivity contribution >= 4 is 27.5 Å². The number of fused-ring (bicyclic) bond motifs is 1. The maximum Gasteiger partial charge on any atom is 0.244 e. The number of likely N-dealkylation sites (N-methyl/N-ethyl adjacent to an activating group) is 1. The molecule has 2 aromatic rings. The Kier molecular flexibility index (Phi) is 4.47. The van der Waals surface area contributed by atoms with Crippen molar-refractivity contribution in [3.05, 3.63) is 59.2 Å². The molecule has 1 atom stereocenters. The Morgan fingerprint density at radius 1 is 1.07 bits per heavy atom. The highest BCUT2D eigenvalue weighted by Crippen LogP contribution is 2.34. The van der Waals surface area contributed by atoms with Gasteiger partial charge in [-0.1, -0.05) is 29.8 Å². The van der Waals surface area contributed by atoms with E-state index in [1.54, 1.807) is 31.3 Å². The lowest BCUT2D eigenvalue weighted by Crippen LogP contribution is -2.52. The molecule has 4 rings (SSSR count). The van der Waals surface area contributed by atoms with Crippen LogP contribution in [-0.2, 0) is 26.0 Å². The Morgan fingerprint density at radius 2 is 1.79 bits per heavy atom.